The standard InChI is InChI=1S/C22H27ClN2O2S/c1-16(2)13-24-22(27)17(3)25(14-18-7-5-4-6-8-18)21(26)15-28-20-11-9-19(23)10-12-20/h4-12,16-17H,13-15H2,1-3H3,(H,24,27)/t17-/m1/s1. The van der Waals surface area contributed by atoms with Crippen LogP contribution in [0.25, 0.3) is 0 Å². The molecule has 2 rings (SSSR count). The van der Waals surface area contributed by atoms with E-state index in [1.807, 2.05) is 56.3 Å². The van der Waals surface area contributed by atoms with Gasteiger partial charge in [-0.2, -0.15) is 0 Å². The molecular weight excluding hydrogens is 392 g/mol. The fourth-order valence-corrected chi connectivity index (χ4v) is 3.48. The maximum Gasteiger partial charge on any atom is 0.242 e. The van der Waals surface area contributed by atoms with Gasteiger partial charge in [-0.3, -0.25) is 9.59 Å². The summed E-state index contributed by atoms with van der Waals surface area (Å²) in [6, 6.07) is 16.6. The van der Waals surface area contributed by atoms with Crippen molar-refractivity contribution in [1.29, 1.82) is 0 Å². The van der Waals surface area contributed by atoms with Crippen molar-refractivity contribution >= 4 is 35.2 Å². The minimum Gasteiger partial charge on any atom is -0.354 e. The number of halogens is 1. The van der Waals surface area contributed by atoms with E-state index in [-0.39, 0.29) is 17.6 Å². The highest BCUT2D eigenvalue weighted by Gasteiger charge is 2.26. The first-order valence-electron chi connectivity index (χ1n) is 9.36. The Balaban J connectivity index is 2.08. The number of thioether (sulfide) groups is 1. The van der Waals surface area contributed by atoms with Crippen molar-refractivity contribution < 1.29 is 9.59 Å². The Morgan fingerprint density at radius 3 is 2.29 bits per heavy atom. The molecule has 2 amide bonds. The third kappa shape index (κ3) is 7.21. The molecule has 0 bridgehead atoms. The van der Waals surface area contributed by atoms with Crippen LogP contribution in [0.15, 0.2) is 59.5 Å². The lowest BCUT2D eigenvalue weighted by molar-refractivity contribution is -0.138. The molecule has 0 aliphatic carbocycles. The topological polar surface area (TPSA) is 49.4 Å². The Morgan fingerprint density at radius 1 is 1.04 bits per heavy atom. The first kappa shape index (κ1) is 22.3. The average Bonchev–Trinajstić information content (AvgIpc) is 2.69. The second-order valence-corrected chi connectivity index (χ2v) is 8.55. The van der Waals surface area contributed by atoms with Crippen LogP contribution in [0.5, 0.6) is 0 Å². The van der Waals surface area contributed by atoms with E-state index in [2.05, 4.69) is 5.32 Å². The molecule has 6 heteroatoms. The first-order valence-corrected chi connectivity index (χ1v) is 10.7. The van der Waals surface area contributed by atoms with Gasteiger partial charge in [-0.25, -0.2) is 0 Å². The van der Waals surface area contributed by atoms with E-state index in [0.29, 0.717) is 24.0 Å². The number of hydrogen-bond acceptors (Lipinski definition) is 3. The fraction of sp³-hybridized carbons (Fsp3) is 0.364. The van der Waals surface area contributed by atoms with Crippen molar-refractivity contribution in [2.45, 2.75) is 38.3 Å². The summed E-state index contributed by atoms with van der Waals surface area (Å²) >= 11 is 7.36. The molecule has 0 saturated carbocycles. The van der Waals surface area contributed by atoms with Crippen LogP contribution in [0.3, 0.4) is 0 Å². The monoisotopic (exact) mass is 418 g/mol. The molecular formula is C22H27ClN2O2S. The smallest absolute Gasteiger partial charge is 0.242 e. The first-order chi connectivity index (χ1) is 13.4. The van der Waals surface area contributed by atoms with Gasteiger partial charge in [-0.15, -0.1) is 11.8 Å². The van der Waals surface area contributed by atoms with Gasteiger partial charge in [0.15, 0.2) is 0 Å². The molecule has 150 valence electrons. The quantitative estimate of drug-likeness (QED) is 0.604. The number of carbonyl (C=O) groups excluding carboxylic acids is 2. The van der Waals surface area contributed by atoms with E-state index < -0.39 is 6.04 Å². The number of benzene rings is 2. The van der Waals surface area contributed by atoms with Crippen molar-refractivity contribution in [2.24, 2.45) is 5.92 Å². The van der Waals surface area contributed by atoms with E-state index in [0.717, 1.165) is 10.5 Å². The molecule has 0 aliphatic rings. The van der Waals surface area contributed by atoms with E-state index in [1.165, 1.54) is 11.8 Å². The lowest BCUT2D eigenvalue weighted by Crippen LogP contribution is -2.48. The Kier molecular flexibility index (Phi) is 8.87. The Morgan fingerprint density at radius 2 is 1.68 bits per heavy atom. The highest BCUT2D eigenvalue weighted by Crippen LogP contribution is 2.21. The van der Waals surface area contributed by atoms with Crippen LogP contribution < -0.4 is 5.32 Å². The van der Waals surface area contributed by atoms with E-state index >= 15 is 0 Å². The summed E-state index contributed by atoms with van der Waals surface area (Å²) in [4.78, 5) is 28.2. The maximum absolute atomic E-state index is 13.0. The van der Waals surface area contributed by atoms with Gasteiger partial charge in [0.25, 0.3) is 0 Å². The van der Waals surface area contributed by atoms with Crippen LogP contribution in [0.1, 0.15) is 26.3 Å². The average molecular weight is 419 g/mol. The van der Waals surface area contributed by atoms with Gasteiger partial charge < -0.3 is 10.2 Å². The molecule has 2 aromatic carbocycles. The molecule has 1 atom stereocenters. The largest absolute Gasteiger partial charge is 0.354 e. The minimum atomic E-state index is -0.544. The summed E-state index contributed by atoms with van der Waals surface area (Å²) in [5.74, 6) is 0.413. The molecule has 0 unspecified atom stereocenters. The second kappa shape index (κ2) is 11.1. The number of amides is 2. The predicted octanol–water partition coefficient (Wildman–Crippen LogP) is 4.62. The summed E-state index contributed by atoms with van der Waals surface area (Å²) in [7, 11) is 0. The maximum atomic E-state index is 13.0. The van der Waals surface area contributed by atoms with E-state index in [1.54, 1.807) is 24.0 Å². The number of carbonyl (C=O) groups is 2. The van der Waals surface area contributed by atoms with Crippen LogP contribution in [0, 0.1) is 5.92 Å². The van der Waals surface area contributed by atoms with Crippen molar-refractivity contribution in [2.75, 3.05) is 12.3 Å². The van der Waals surface area contributed by atoms with Gasteiger partial charge in [0.2, 0.25) is 11.8 Å². The zero-order valence-electron chi connectivity index (χ0n) is 16.5. The number of nitrogens with zero attached hydrogens (tertiary/aromatic N) is 1. The summed E-state index contributed by atoms with van der Waals surface area (Å²) in [6.07, 6.45) is 0. The molecule has 0 aliphatic heterocycles. The molecule has 2 aromatic rings. The summed E-state index contributed by atoms with van der Waals surface area (Å²) < 4.78 is 0. The third-order valence-corrected chi connectivity index (χ3v) is 5.47. The van der Waals surface area contributed by atoms with Gasteiger partial charge in [0.1, 0.15) is 6.04 Å². The van der Waals surface area contributed by atoms with E-state index in [4.69, 9.17) is 11.6 Å². The van der Waals surface area contributed by atoms with Gasteiger partial charge in [0, 0.05) is 23.0 Å². The number of rotatable bonds is 9. The molecule has 0 fully saturated rings. The molecule has 28 heavy (non-hydrogen) atoms. The molecule has 0 heterocycles. The third-order valence-electron chi connectivity index (χ3n) is 4.22. The molecule has 0 saturated heterocycles. The lowest BCUT2D eigenvalue weighted by Gasteiger charge is -2.29. The number of hydrogen-bond donors (Lipinski definition) is 1. The minimum absolute atomic E-state index is 0.0731. The lowest BCUT2D eigenvalue weighted by atomic mass is 10.1. The Bertz CT molecular complexity index is 766. The van der Waals surface area contributed by atoms with Crippen molar-refractivity contribution in [3.63, 3.8) is 0 Å². The zero-order valence-corrected chi connectivity index (χ0v) is 18.1. The SMILES string of the molecule is CC(C)CNC(=O)[C@@H](C)N(Cc1ccccc1)C(=O)CSc1ccc(Cl)cc1. The summed E-state index contributed by atoms with van der Waals surface area (Å²) in [5.41, 5.74) is 0.996. The summed E-state index contributed by atoms with van der Waals surface area (Å²) in [5, 5.41) is 3.59. The number of nitrogens with one attached hydrogen (secondary N) is 1. The van der Waals surface area contributed by atoms with Crippen LogP contribution in [0.2, 0.25) is 5.02 Å². The zero-order chi connectivity index (χ0) is 20.5. The Labute approximate surface area is 176 Å². The molecule has 4 nitrogen and oxygen atoms in total. The van der Waals surface area contributed by atoms with Crippen molar-refractivity contribution in [3.05, 3.63) is 65.2 Å². The van der Waals surface area contributed by atoms with Gasteiger partial charge >= 0.3 is 0 Å². The molecule has 1 N–H and O–H groups in total. The predicted molar refractivity (Wildman–Crippen MR) is 116 cm³/mol. The highest BCUT2D eigenvalue weighted by atomic mass is 35.5. The second-order valence-electron chi connectivity index (χ2n) is 7.06. The van der Waals surface area contributed by atoms with Gasteiger partial charge in [0.05, 0.1) is 5.75 Å². The highest BCUT2D eigenvalue weighted by molar-refractivity contribution is 8.00. The normalized spacial score (nSPS) is 11.9. The molecule has 0 aromatic heterocycles. The van der Waals surface area contributed by atoms with Crippen LogP contribution in [-0.4, -0.2) is 35.1 Å². The van der Waals surface area contributed by atoms with Crippen molar-refractivity contribution in [1.82, 2.24) is 10.2 Å². The van der Waals surface area contributed by atoms with Gasteiger partial charge in [-0.1, -0.05) is 55.8 Å². The van der Waals surface area contributed by atoms with Crippen LogP contribution in [-0.2, 0) is 16.1 Å². The molecule has 0 spiro atoms. The van der Waals surface area contributed by atoms with Crippen LogP contribution in [0.4, 0.5) is 0 Å². The van der Waals surface area contributed by atoms with Crippen molar-refractivity contribution in [3.8, 4) is 0 Å². The summed E-state index contributed by atoms with van der Waals surface area (Å²) in [6.45, 7) is 6.86. The van der Waals surface area contributed by atoms with Crippen LogP contribution >= 0.6 is 23.4 Å². The van der Waals surface area contributed by atoms with E-state index in [9.17, 15) is 9.59 Å². The Hall–Kier alpha value is -1.98. The molecule has 0 radical (unpaired) electrons. The fourth-order valence-electron chi connectivity index (χ4n) is 2.57. The van der Waals surface area contributed by atoms with Gasteiger partial charge in [-0.05, 0) is 42.7 Å².